The van der Waals surface area contributed by atoms with E-state index in [2.05, 4.69) is 0 Å². The van der Waals surface area contributed by atoms with Crippen molar-refractivity contribution in [1.82, 2.24) is 0 Å². The van der Waals surface area contributed by atoms with Gasteiger partial charge in [-0.2, -0.15) is 0 Å². The highest BCUT2D eigenvalue weighted by molar-refractivity contribution is 5.81. The van der Waals surface area contributed by atoms with Crippen LogP contribution in [0.3, 0.4) is 0 Å². The van der Waals surface area contributed by atoms with Gasteiger partial charge in [-0.15, -0.1) is 0 Å². The van der Waals surface area contributed by atoms with Crippen molar-refractivity contribution in [2.75, 3.05) is 6.61 Å². The summed E-state index contributed by atoms with van der Waals surface area (Å²) >= 11 is 0. The molecule has 0 unspecified atom stereocenters. The Hall–Kier alpha value is -1.31. The molecule has 1 aliphatic carbocycles. The first-order chi connectivity index (χ1) is 8.86. The van der Waals surface area contributed by atoms with Crippen molar-refractivity contribution in [2.24, 2.45) is 5.92 Å². The molecule has 1 aromatic rings. The summed E-state index contributed by atoms with van der Waals surface area (Å²) in [4.78, 5) is 12.0. The van der Waals surface area contributed by atoms with Crippen LogP contribution in [-0.2, 0) is 4.79 Å². The van der Waals surface area contributed by atoms with E-state index in [9.17, 15) is 4.79 Å². The van der Waals surface area contributed by atoms with E-state index in [1.54, 1.807) is 0 Å². The van der Waals surface area contributed by atoms with Gasteiger partial charge in [-0.25, -0.2) is 0 Å². The number of para-hydroxylation sites is 1. The summed E-state index contributed by atoms with van der Waals surface area (Å²) in [6.45, 7) is 0.641. The first-order valence-electron chi connectivity index (χ1n) is 7.07. The van der Waals surface area contributed by atoms with Crippen LogP contribution in [0.5, 0.6) is 5.75 Å². The van der Waals surface area contributed by atoms with Crippen LogP contribution in [0.4, 0.5) is 0 Å². The van der Waals surface area contributed by atoms with Gasteiger partial charge in [0.1, 0.15) is 11.5 Å². The maximum atomic E-state index is 12.0. The number of hydrogen-bond acceptors (Lipinski definition) is 2. The number of ketones is 1. The lowest BCUT2D eigenvalue weighted by Gasteiger charge is -2.20. The molecule has 98 valence electrons. The van der Waals surface area contributed by atoms with Gasteiger partial charge in [0.05, 0.1) is 6.61 Å². The Bertz CT molecular complexity index is 353. The van der Waals surface area contributed by atoms with Crippen molar-refractivity contribution in [2.45, 2.75) is 44.9 Å². The molecule has 0 aromatic heterocycles. The molecule has 1 aliphatic rings. The molecule has 0 amide bonds. The molecule has 0 atom stereocenters. The molecule has 2 heteroatoms. The summed E-state index contributed by atoms with van der Waals surface area (Å²) in [5.74, 6) is 1.68. The molecule has 0 N–H and O–H groups in total. The first kappa shape index (κ1) is 13.1. The molecule has 0 radical (unpaired) electrons. The molecule has 1 aromatic carbocycles. The van der Waals surface area contributed by atoms with Crippen LogP contribution in [0.25, 0.3) is 0 Å². The van der Waals surface area contributed by atoms with Gasteiger partial charge in [0, 0.05) is 12.3 Å². The van der Waals surface area contributed by atoms with Gasteiger partial charge < -0.3 is 4.74 Å². The lowest BCUT2D eigenvalue weighted by molar-refractivity contribution is -0.124. The molecular weight excluding hydrogens is 224 g/mol. The van der Waals surface area contributed by atoms with Crippen LogP contribution in [0.1, 0.15) is 44.9 Å². The minimum atomic E-state index is 0.343. The van der Waals surface area contributed by atoms with Gasteiger partial charge in [-0.05, 0) is 31.4 Å². The van der Waals surface area contributed by atoms with Crippen LogP contribution < -0.4 is 4.74 Å². The number of Topliss-reactive ketones (excluding diaryl/α,β-unsaturated/α-hetero) is 1. The van der Waals surface area contributed by atoms with Crippen LogP contribution in [-0.4, -0.2) is 12.4 Å². The highest BCUT2D eigenvalue weighted by atomic mass is 16.5. The third kappa shape index (κ3) is 4.17. The summed E-state index contributed by atoms with van der Waals surface area (Å²) in [6.07, 6.45) is 7.51. The fourth-order valence-corrected chi connectivity index (χ4v) is 2.58. The Morgan fingerprint density at radius 3 is 2.56 bits per heavy atom. The minimum absolute atomic E-state index is 0.343. The molecular formula is C16H22O2. The van der Waals surface area contributed by atoms with Crippen LogP contribution in [0.2, 0.25) is 0 Å². The van der Waals surface area contributed by atoms with Crippen LogP contribution in [0, 0.1) is 5.92 Å². The molecule has 0 aliphatic heterocycles. The first-order valence-corrected chi connectivity index (χ1v) is 7.07. The number of carbonyl (C=O) groups excluding carboxylic acids is 1. The Kier molecular flexibility index (Phi) is 5.25. The Morgan fingerprint density at radius 1 is 1.11 bits per heavy atom. The van der Waals surface area contributed by atoms with E-state index in [-0.39, 0.29) is 0 Å². The summed E-state index contributed by atoms with van der Waals surface area (Å²) in [7, 11) is 0. The second-order valence-corrected chi connectivity index (χ2v) is 5.07. The average Bonchev–Trinajstić information content (AvgIpc) is 2.45. The number of ether oxygens (including phenoxy) is 1. The van der Waals surface area contributed by atoms with E-state index in [1.807, 2.05) is 30.3 Å². The smallest absolute Gasteiger partial charge is 0.136 e. The van der Waals surface area contributed by atoms with E-state index in [0.29, 0.717) is 24.7 Å². The summed E-state index contributed by atoms with van der Waals surface area (Å²) in [6, 6.07) is 9.79. The molecule has 0 heterocycles. The van der Waals surface area contributed by atoms with Crippen molar-refractivity contribution < 1.29 is 9.53 Å². The topological polar surface area (TPSA) is 26.3 Å². The van der Waals surface area contributed by atoms with E-state index < -0.39 is 0 Å². The number of rotatable bonds is 6. The highest BCUT2D eigenvalue weighted by Gasteiger charge is 2.20. The van der Waals surface area contributed by atoms with Crippen molar-refractivity contribution >= 4 is 5.78 Å². The second-order valence-electron chi connectivity index (χ2n) is 5.07. The molecule has 0 bridgehead atoms. The molecule has 18 heavy (non-hydrogen) atoms. The van der Waals surface area contributed by atoms with E-state index in [1.165, 1.54) is 19.3 Å². The summed E-state index contributed by atoms with van der Waals surface area (Å²) < 4.78 is 5.59. The van der Waals surface area contributed by atoms with Crippen molar-refractivity contribution in [1.29, 1.82) is 0 Å². The van der Waals surface area contributed by atoms with Gasteiger partial charge in [0.25, 0.3) is 0 Å². The van der Waals surface area contributed by atoms with Gasteiger partial charge in [-0.1, -0.05) is 37.5 Å². The van der Waals surface area contributed by atoms with Gasteiger partial charge in [0.2, 0.25) is 0 Å². The molecule has 0 saturated heterocycles. The molecule has 0 spiro atoms. The predicted octanol–water partition coefficient (Wildman–Crippen LogP) is 4.00. The largest absolute Gasteiger partial charge is 0.494 e. The summed E-state index contributed by atoms with van der Waals surface area (Å²) in [5.41, 5.74) is 0. The van der Waals surface area contributed by atoms with Gasteiger partial charge in [-0.3, -0.25) is 4.79 Å². The van der Waals surface area contributed by atoms with Gasteiger partial charge in [0.15, 0.2) is 0 Å². The minimum Gasteiger partial charge on any atom is -0.494 e. The number of benzene rings is 1. The Morgan fingerprint density at radius 2 is 1.83 bits per heavy atom. The molecule has 2 rings (SSSR count). The SMILES string of the molecule is O=C(CCCOc1ccccc1)C1CCCCC1. The van der Waals surface area contributed by atoms with Crippen LogP contribution >= 0.6 is 0 Å². The van der Waals surface area contributed by atoms with Crippen LogP contribution in [0.15, 0.2) is 30.3 Å². The van der Waals surface area contributed by atoms with Crippen molar-refractivity contribution in [3.05, 3.63) is 30.3 Å². The summed E-state index contributed by atoms with van der Waals surface area (Å²) in [5, 5.41) is 0. The standard InChI is InChI=1S/C16H22O2/c17-16(14-8-3-1-4-9-14)12-7-13-18-15-10-5-2-6-11-15/h2,5-6,10-11,14H,1,3-4,7-9,12-13H2. The lowest BCUT2D eigenvalue weighted by Crippen LogP contribution is -2.18. The van der Waals surface area contributed by atoms with Crippen molar-refractivity contribution in [3.8, 4) is 5.75 Å². The zero-order valence-corrected chi connectivity index (χ0v) is 10.9. The van der Waals surface area contributed by atoms with Gasteiger partial charge >= 0.3 is 0 Å². The second kappa shape index (κ2) is 7.20. The maximum Gasteiger partial charge on any atom is 0.136 e. The predicted molar refractivity (Wildman–Crippen MR) is 72.8 cm³/mol. The number of hydrogen-bond donors (Lipinski definition) is 0. The zero-order chi connectivity index (χ0) is 12.6. The highest BCUT2D eigenvalue weighted by Crippen LogP contribution is 2.25. The van der Waals surface area contributed by atoms with E-state index in [4.69, 9.17) is 4.74 Å². The quantitative estimate of drug-likeness (QED) is 0.709. The van der Waals surface area contributed by atoms with E-state index >= 15 is 0 Å². The number of carbonyl (C=O) groups is 1. The fourth-order valence-electron chi connectivity index (χ4n) is 2.58. The third-order valence-corrected chi connectivity index (χ3v) is 3.64. The Labute approximate surface area is 109 Å². The van der Waals surface area contributed by atoms with E-state index in [0.717, 1.165) is 25.0 Å². The average molecular weight is 246 g/mol. The fraction of sp³-hybridized carbons (Fsp3) is 0.562. The third-order valence-electron chi connectivity index (χ3n) is 3.64. The monoisotopic (exact) mass is 246 g/mol. The lowest BCUT2D eigenvalue weighted by atomic mass is 9.85. The Balaban J connectivity index is 1.61. The molecule has 2 nitrogen and oxygen atoms in total. The normalized spacial score (nSPS) is 16.4. The molecule has 1 fully saturated rings. The van der Waals surface area contributed by atoms with Crippen molar-refractivity contribution in [3.63, 3.8) is 0 Å². The molecule has 1 saturated carbocycles. The zero-order valence-electron chi connectivity index (χ0n) is 10.9. The maximum absolute atomic E-state index is 12.0.